The lowest BCUT2D eigenvalue weighted by Gasteiger charge is -2.35. The Morgan fingerprint density at radius 2 is 2.47 bits per heavy atom. The van der Waals surface area contributed by atoms with E-state index in [0.717, 1.165) is 18.8 Å². The van der Waals surface area contributed by atoms with Crippen LogP contribution in [-0.4, -0.2) is 35.0 Å². The predicted molar refractivity (Wildman–Crippen MR) is 64.3 cm³/mol. The van der Waals surface area contributed by atoms with Gasteiger partial charge in [-0.1, -0.05) is 6.92 Å². The van der Waals surface area contributed by atoms with E-state index in [0.29, 0.717) is 12.4 Å². The van der Waals surface area contributed by atoms with Crippen LogP contribution in [0.3, 0.4) is 0 Å². The fourth-order valence-electron chi connectivity index (χ4n) is 1.98. The second-order valence-corrected chi connectivity index (χ2v) is 3.81. The lowest BCUT2D eigenvalue weighted by atomic mass is 10.1. The molecule has 2 rings (SSSR count). The normalized spacial score (nSPS) is 20.0. The molecule has 0 radical (unpaired) electrons. The van der Waals surface area contributed by atoms with Gasteiger partial charge in [-0.05, 0) is 6.42 Å². The molecule has 0 aliphatic carbocycles. The third-order valence-electron chi connectivity index (χ3n) is 2.81. The van der Waals surface area contributed by atoms with Crippen molar-refractivity contribution in [3.8, 4) is 0 Å². The summed E-state index contributed by atoms with van der Waals surface area (Å²) in [5, 5.41) is 2.85. The van der Waals surface area contributed by atoms with Crippen LogP contribution in [0.15, 0.2) is 12.4 Å². The van der Waals surface area contributed by atoms with E-state index < -0.39 is 0 Å². The molecule has 1 fully saturated rings. The van der Waals surface area contributed by atoms with Gasteiger partial charge in [-0.15, -0.1) is 0 Å². The highest BCUT2D eigenvalue weighted by Crippen LogP contribution is 2.19. The van der Waals surface area contributed by atoms with Crippen molar-refractivity contribution in [1.82, 2.24) is 15.3 Å². The Labute approximate surface area is 99.4 Å². The Morgan fingerprint density at radius 3 is 3.18 bits per heavy atom. The van der Waals surface area contributed by atoms with Crippen molar-refractivity contribution >= 4 is 17.5 Å². The summed E-state index contributed by atoms with van der Waals surface area (Å²) in [6.07, 6.45) is 2.17. The number of carbonyl (C=O) groups is 1. The van der Waals surface area contributed by atoms with E-state index in [1.807, 2.05) is 11.8 Å². The number of piperazine rings is 1. The average Bonchev–Trinajstić information content (AvgIpc) is 2.38. The van der Waals surface area contributed by atoms with Gasteiger partial charge in [-0.2, -0.15) is 0 Å². The standard InChI is InChI=1S/C10H16N6O/c1-2-7-10(17)12-3-4-16(7)9-5-8(15-11)13-6-14-9/h5-7H,2-4,11H2,1H3,(H,12,17)(H,13,14,15). The van der Waals surface area contributed by atoms with Crippen molar-refractivity contribution in [2.75, 3.05) is 23.4 Å². The van der Waals surface area contributed by atoms with E-state index in [-0.39, 0.29) is 11.9 Å². The van der Waals surface area contributed by atoms with Gasteiger partial charge in [0.15, 0.2) is 0 Å². The van der Waals surface area contributed by atoms with Gasteiger partial charge >= 0.3 is 0 Å². The molecule has 17 heavy (non-hydrogen) atoms. The molecule has 1 aromatic heterocycles. The van der Waals surface area contributed by atoms with Crippen LogP contribution in [-0.2, 0) is 4.79 Å². The molecule has 4 N–H and O–H groups in total. The van der Waals surface area contributed by atoms with E-state index >= 15 is 0 Å². The monoisotopic (exact) mass is 236 g/mol. The SMILES string of the molecule is CCC1C(=O)NCCN1c1cc(NN)ncn1. The fourth-order valence-corrected chi connectivity index (χ4v) is 1.98. The molecule has 1 amide bonds. The zero-order valence-corrected chi connectivity index (χ0v) is 9.68. The summed E-state index contributed by atoms with van der Waals surface area (Å²) in [6, 6.07) is 1.56. The van der Waals surface area contributed by atoms with Crippen molar-refractivity contribution in [3.05, 3.63) is 12.4 Å². The molecule has 0 bridgehead atoms. The van der Waals surface area contributed by atoms with Crippen LogP contribution in [0.4, 0.5) is 11.6 Å². The molecular weight excluding hydrogens is 220 g/mol. The Hall–Kier alpha value is -1.89. The summed E-state index contributed by atoms with van der Waals surface area (Å²) in [5.74, 6) is 6.60. The number of nitrogen functional groups attached to an aromatic ring is 1. The minimum absolute atomic E-state index is 0.0413. The summed E-state index contributed by atoms with van der Waals surface area (Å²) in [4.78, 5) is 21.8. The van der Waals surface area contributed by atoms with Crippen LogP contribution in [0.2, 0.25) is 0 Å². The van der Waals surface area contributed by atoms with Gasteiger partial charge in [0.05, 0.1) is 0 Å². The summed E-state index contributed by atoms with van der Waals surface area (Å²) < 4.78 is 0. The summed E-state index contributed by atoms with van der Waals surface area (Å²) in [7, 11) is 0. The largest absolute Gasteiger partial charge is 0.353 e. The van der Waals surface area contributed by atoms with Gasteiger partial charge in [0, 0.05) is 19.2 Å². The maximum Gasteiger partial charge on any atom is 0.242 e. The fraction of sp³-hybridized carbons (Fsp3) is 0.500. The molecular formula is C10H16N6O. The van der Waals surface area contributed by atoms with Gasteiger partial charge in [0.1, 0.15) is 24.0 Å². The second-order valence-electron chi connectivity index (χ2n) is 3.81. The first-order valence-corrected chi connectivity index (χ1v) is 5.59. The van der Waals surface area contributed by atoms with Crippen LogP contribution in [0.25, 0.3) is 0 Å². The minimum atomic E-state index is -0.177. The number of carbonyl (C=O) groups excluding carboxylic acids is 1. The number of hydrogen-bond donors (Lipinski definition) is 3. The topological polar surface area (TPSA) is 96.2 Å². The molecule has 2 heterocycles. The third kappa shape index (κ3) is 2.28. The van der Waals surface area contributed by atoms with Gasteiger partial charge in [0.25, 0.3) is 0 Å². The highest BCUT2D eigenvalue weighted by atomic mass is 16.2. The van der Waals surface area contributed by atoms with Gasteiger partial charge < -0.3 is 15.6 Å². The van der Waals surface area contributed by atoms with Crippen LogP contribution in [0, 0.1) is 0 Å². The van der Waals surface area contributed by atoms with Crippen LogP contribution in [0.1, 0.15) is 13.3 Å². The number of nitrogens with zero attached hydrogens (tertiary/aromatic N) is 3. The first-order chi connectivity index (χ1) is 8.26. The molecule has 1 unspecified atom stereocenters. The molecule has 0 aromatic carbocycles. The smallest absolute Gasteiger partial charge is 0.242 e. The number of anilines is 2. The number of hydrogen-bond acceptors (Lipinski definition) is 6. The zero-order chi connectivity index (χ0) is 12.3. The maximum absolute atomic E-state index is 11.7. The van der Waals surface area contributed by atoms with Crippen LogP contribution in [0.5, 0.6) is 0 Å². The number of nitrogens with two attached hydrogens (primary N) is 1. The first-order valence-electron chi connectivity index (χ1n) is 5.59. The number of amides is 1. The predicted octanol–water partition coefficient (Wildman–Crippen LogP) is -0.523. The summed E-state index contributed by atoms with van der Waals surface area (Å²) in [6.45, 7) is 3.35. The molecule has 1 saturated heterocycles. The number of rotatable bonds is 3. The number of nitrogens with one attached hydrogen (secondary N) is 2. The minimum Gasteiger partial charge on any atom is -0.353 e. The lowest BCUT2D eigenvalue weighted by molar-refractivity contribution is -0.123. The molecule has 7 nitrogen and oxygen atoms in total. The van der Waals surface area contributed by atoms with Crippen molar-refractivity contribution in [2.24, 2.45) is 5.84 Å². The van der Waals surface area contributed by atoms with Crippen LogP contribution < -0.4 is 21.5 Å². The third-order valence-corrected chi connectivity index (χ3v) is 2.81. The molecule has 0 spiro atoms. The molecule has 1 aliphatic heterocycles. The zero-order valence-electron chi connectivity index (χ0n) is 9.68. The van der Waals surface area contributed by atoms with E-state index in [9.17, 15) is 4.79 Å². The van der Waals surface area contributed by atoms with Crippen molar-refractivity contribution in [2.45, 2.75) is 19.4 Å². The van der Waals surface area contributed by atoms with E-state index in [2.05, 4.69) is 20.7 Å². The summed E-state index contributed by atoms with van der Waals surface area (Å²) >= 11 is 0. The number of aromatic nitrogens is 2. The Bertz CT molecular complexity index is 410. The van der Waals surface area contributed by atoms with E-state index in [4.69, 9.17) is 5.84 Å². The molecule has 1 aromatic rings. The lowest BCUT2D eigenvalue weighted by Crippen LogP contribution is -2.55. The average molecular weight is 236 g/mol. The Kier molecular flexibility index (Phi) is 3.38. The molecule has 1 atom stereocenters. The van der Waals surface area contributed by atoms with Crippen molar-refractivity contribution in [1.29, 1.82) is 0 Å². The van der Waals surface area contributed by atoms with Crippen LogP contribution >= 0.6 is 0 Å². The molecule has 7 heteroatoms. The Morgan fingerprint density at radius 1 is 1.65 bits per heavy atom. The highest BCUT2D eigenvalue weighted by Gasteiger charge is 2.28. The van der Waals surface area contributed by atoms with Gasteiger partial charge in [-0.3, -0.25) is 4.79 Å². The molecule has 0 saturated carbocycles. The first kappa shape index (κ1) is 11.6. The molecule has 1 aliphatic rings. The number of hydrazine groups is 1. The molecule has 92 valence electrons. The quantitative estimate of drug-likeness (QED) is 0.482. The highest BCUT2D eigenvalue weighted by molar-refractivity contribution is 5.86. The van der Waals surface area contributed by atoms with E-state index in [1.54, 1.807) is 6.07 Å². The maximum atomic E-state index is 11.7. The van der Waals surface area contributed by atoms with E-state index in [1.165, 1.54) is 6.33 Å². The van der Waals surface area contributed by atoms with Gasteiger partial charge in [0.2, 0.25) is 5.91 Å². The van der Waals surface area contributed by atoms with Gasteiger partial charge in [-0.25, -0.2) is 15.8 Å². The van der Waals surface area contributed by atoms with Crippen molar-refractivity contribution < 1.29 is 4.79 Å². The summed E-state index contributed by atoms with van der Waals surface area (Å²) in [5.41, 5.74) is 2.47. The Balaban J connectivity index is 2.27. The second kappa shape index (κ2) is 4.96. The van der Waals surface area contributed by atoms with Crippen molar-refractivity contribution in [3.63, 3.8) is 0 Å².